The van der Waals surface area contributed by atoms with Crippen molar-refractivity contribution < 1.29 is 5.11 Å². The highest BCUT2D eigenvalue weighted by atomic mass is 16.3. The van der Waals surface area contributed by atoms with Gasteiger partial charge >= 0.3 is 0 Å². The van der Waals surface area contributed by atoms with Gasteiger partial charge in [-0.15, -0.1) is 5.53 Å². The molecule has 0 saturated carbocycles. The van der Waals surface area contributed by atoms with Gasteiger partial charge in [0.1, 0.15) is 5.82 Å². The largest absolute Gasteiger partial charge is 0.396 e. The molecule has 28 heavy (non-hydrogen) atoms. The van der Waals surface area contributed by atoms with Gasteiger partial charge in [-0.1, -0.05) is 12.1 Å². The van der Waals surface area contributed by atoms with Crippen molar-refractivity contribution in [3.05, 3.63) is 54.2 Å². The van der Waals surface area contributed by atoms with E-state index < -0.39 is 0 Å². The highest BCUT2D eigenvalue weighted by Gasteiger charge is 2.24. The SMILES string of the molecule is OCC1CCN(c2ccc3c(n2)N(Cc2ccc4ncccc4c2)NN3)CC1. The van der Waals surface area contributed by atoms with Gasteiger partial charge in [-0.25, -0.2) is 4.98 Å². The molecule has 7 heteroatoms. The Morgan fingerprint density at radius 1 is 1.11 bits per heavy atom. The highest BCUT2D eigenvalue weighted by molar-refractivity contribution is 5.79. The van der Waals surface area contributed by atoms with E-state index in [2.05, 4.69) is 57.2 Å². The topological polar surface area (TPSA) is 76.5 Å². The molecule has 0 unspecified atom stereocenters. The zero-order chi connectivity index (χ0) is 18.9. The van der Waals surface area contributed by atoms with Gasteiger partial charge in [-0.05, 0) is 54.7 Å². The van der Waals surface area contributed by atoms with Crippen LogP contribution in [-0.2, 0) is 6.54 Å². The number of rotatable bonds is 4. The van der Waals surface area contributed by atoms with Crippen molar-refractivity contribution >= 4 is 28.2 Å². The summed E-state index contributed by atoms with van der Waals surface area (Å²) >= 11 is 0. The third-order valence-corrected chi connectivity index (χ3v) is 5.65. The van der Waals surface area contributed by atoms with Gasteiger partial charge in [0, 0.05) is 31.3 Å². The van der Waals surface area contributed by atoms with E-state index in [0.29, 0.717) is 12.5 Å². The molecule has 7 nitrogen and oxygen atoms in total. The normalized spacial score (nSPS) is 17.0. The average Bonchev–Trinajstić information content (AvgIpc) is 3.16. The molecule has 1 aromatic carbocycles. The maximum atomic E-state index is 9.35. The molecule has 3 aromatic rings. The number of hydrogen-bond donors (Lipinski definition) is 3. The van der Waals surface area contributed by atoms with E-state index in [1.807, 2.05) is 17.3 Å². The van der Waals surface area contributed by atoms with E-state index in [1.165, 1.54) is 5.56 Å². The zero-order valence-corrected chi connectivity index (χ0v) is 15.7. The number of hydrazine groups is 2. The van der Waals surface area contributed by atoms with Crippen LogP contribution < -0.4 is 20.9 Å². The monoisotopic (exact) mass is 376 g/mol. The quantitative estimate of drug-likeness (QED) is 0.646. The lowest BCUT2D eigenvalue weighted by Crippen LogP contribution is -2.37. The highest BCUT2D eigenvalue weighted by Crippen LogP contribution is 2.32. The number of piperidine rings is 1. The number of nitrogens with one attached hydrogen (secondary N) is 2. The summed E-state index contributed by atoms with van der Waals surface area (Å²) in [5.41, 5.74) is 9.60. The molecule has 3 N–H and O–H groups in total. The van der Waals surface area contributed by atoms with Crippen LogP contribution in [0.1, 0.15) is 18.4 Å². The Kier molecular flexibility index (Phi) is 4.46. The van der Waals surface area contributed by atoms with Crippen LogP contribution in [0.25, 0.3) is 10.9 Å². The fourth-order valence-corrected chi connectivity index (χ4v) is 3.96. The van der Waals surface area contributed by atoms with Crippen LogP contribution >= 0.6 is 0 Å². The molecule has 1 saturated heterocycles. The smallest absolute Gasteiger partial charge is 0.171 e. The van der Waals surface area contributed by atoms with Crippen molar-refractivity contribution in [1.82, 2.24) is 15.5 Å². The number of aliphatic hydroxyl groups is 1. The molecule has 4 heterocycles. The van der Waals surface area contributed by atoms with E-state index in [0.717, 1.165) is 54.2 Å². The molecule has 0 amide bonds. The lowest BCUT2D eigenvalue weighted by Gasteiger charge is -2.32. The number of benzene rings is 1. The minimum absolute atomic E-state index is 0.286. The van der Waals surface area contributed by atoms with E-state index in [-0.39, 0.29) is 6.61 Å². The molecule has 0 radical (unpaired) electrons. The average molecular weight is 376 g/mol. The number of aliphatic hydroxyl groups excluding tert-OH is 1. The first-order valence-corrected chi connectivity index (χ1v) is 9.80. The summed E-state index contributed by atoms with van der Waals surface area (Å²) in [6.45, 7) is 2.87. The van der Waals surface area contributed by atoms with Gasteiger partial charge in [-0.2, -0.15) is 0 Å². The van der Waals surface area contributed by atoms with Gasteiger partial charge in [0.2, 0.25) is 0 Å². The van der Waals surface area contributed by atoms with Crippen LogP contribution in [-0.4, -0.2) is 34.8 Å². The lowest BCUT2D eigenvalue weighted by molar-refractivity contribution is 0.203. The van der Waals surface area contributed by atoms with Crippen molar-refractivity contribution in [2.45, 2.75) is 19.4 Å². The molecule has 2 aliphatic heterocycles. The Bertz CT molecular complexity index is 986. The third-order valence-electron chi connectivity index (χ3n) is 5.65. The van der Waals surface area contributed by atoms with Crippen molar-refractivity contribution in [1.29, 1.82) is 0 Å². The Balaban J connectivity index is 1.36. The van der Waals surface area contributed by atoms with Gasteiger partial charge in [0.15, 0.2) is 5.82 Å². The first kappa shape index (κ1) is 17.2. The fraction of sp³-hybridized carbons (Fsp3) is 0.333. The second kappa shape index (κ2) is 7.26. The number of aromatic nitrogens is 2. The molecule has 1 fully saturated rings. The number of anilines is 3. The predicted molar refractivity (Wildman–Crippen MR) is 111 cm³/mol. The van der Waals surface area contributed by atoms with Gasteiger partial charge < -0.3 is 15.4 Å². The molecular formula is C21H24N6O. The number of fused-ring (bicyclic) bond motifs is 2. The standard InChI is InChI=1S/C21H24N6O/c28-14-15-7-10-26(11-8-15)20-6-5-19-21(23-20)27(25-24-19)13-16-3-4-18-17(12-16)2-1-9-22-18/h1-6,9,12,15,24-25,28H,7-8,10-11,13-14H2. The number of nitrogens with zero attached hydrogens (tertiary/aromatic N) is 4. The van der Waals surface area contributed by atoms with Crippen LogP contribution in [0.5, 0.6) is 0 Å². The Hall–Kier alpha value is -2.90. The maximum Gasteiger partial charge on any atom is 0.171 e. The van der Waals surface area contributed by atoms with E-state index in [1.54, 1.807) is 0 Å². The minimum atomic E-state index is 0.286. The summed E-state index contributed by atoms with van der Waals surface area (Å²) in [7, 11) is 0. The van der Waals surface area contributed by atoms with Crippen molar-refractivity contribution in [3.63, 3.8) is 0 Å². The Morgan fingerprint density at radius 2 is 2.00 bits per heavy atom. The molecule has 5 rings (SSSR count). The van der Waals surface area contributed by atoms with Crippen molar-refractivity contribution in [2.24, 2.45) is 5.92 Å². The van der Waals surface area contributed by atoms with Crippen LogP contribution in [0.4, 0.5) is 17.3 Å². The van der Waals surface area contributed by atoms with E-state index >= 15 is 0 Å². The molecule has 0 spiro atoms. The Morgan fingerprint density at radius 3 is 2.86 bits per heavy atom. The summed E-state index contributed by atoms with van der Waals surface area (Å²) in [5.74, 6) is 2.33. The number of pyridine rings is 2. The summed E-state index contributed by atoms with van der Waals surface area (Å²) in [6.07, 6.45) is 3.85. The van der Waals surface area contributed by atoms with Gasteiger partial charge in [0.25, 0.3) is 0 Å². The Labute approximate surface area is 164 Å². The summed E-state index contributed by atoms with van der Waals surface area (Å²) in [6, 6.07) is 14.5. The molecule has 2 aromatic heterocycles. The first-order chi connectivity index (χ1) is 13.8. The number of hydrogen-bond acceptors (Lipinski definition) is 7. The van der Waals surface area contributed by atoms with Crippen LogP contribution in [0.3, 0.4) is 0 Å². The molecule has 0 bridgehead atoms. The zero-order valence-electron chi connectivity index (χ0n) is 15.7. The molecule has 144 valence electrons. The maximum absolute atomic E-state index is 9.35. The van der Waals surface area contributed by atoms with Crippen molar-refractivity contribution in [3.8, 4) is 0 Å². The molecule has 2 aliphatic rings. The van der Waals surface area contributed by atoms with Gasteiger partial charge in [0.05, 0.1) is 17.7 Å². The van der Waals surface area contributed by atoms with Crippen LogP contribution in [0.15, 0.2) is 48.7 Å². The molecular weight excluding hydrogens is 352 g/mol. The third kappa shape index (κ3) is 3.23. The van der Waals surface area contributed by atoms with E-state index in [4.69, 9.17) is 4.98 Å². The molecule has 0 aliphatic carbocycles. The summed E-state index contributed by atoms with van der Waals surface area (Å²) in [5, 5.41) is 12.5. The van der Waals surface area contributed by atoms with Crippen LogP contribution in [0.2, 0.25) is 0 Å². The van der Waals surface area contributed by atoms with Crippen molar-refractivity contribution in [2.75, 3.05) is 35.0 Å². The second-order valence-corrected chi connectivity index (χ2v) is 7.51. The predicted octanol–water partition coefficient (Wildman–Crippen LogP) is 2.69. The summed E-state index contributed by atoms with van der Waals surface area (Å²) in [4.78, 5) is 11.6. The first-order valence-electron chi connectivity index (χ1n) is 9.80. The fourth-order valence-electron chi connectivity index (χ4n) is 3.96. The van der Waals surface area contributed by atoms with Gasteiger partial charge in [-0.3, -0.25) is 9.99 Å². The molecule has 0 atom stereocenters. The summed E-state index contributed by atoms with van der Waals surface area (Å²) < 4.78 is 0. The van der Waals surface area contributed by atoms with Crippen LogP contribution in [0, 0.1) is 5.92 Å². The van der Waals surface area contributed by atoms with E-state index in [9.17, 15) is 5.11 Å². The minimum Gasteiger partial charge on any atom is -0.396 e. The lowest BCUT2D eigenvalue weighted by atomic mass is 9.98. The second-order valence-electron chi connectivity index (χ2n) is 7.51.